The first-order chi connectivity index (χ1) is 9.18. The smallest absolute Gasteiger partial charge is 0.273 e. The molecule has 0 radical (unpaired) electrons. The molecule has 0 aromatic heterocycles. The van der Waals surface area contributed by atoms with Crippen LogP contribution in [0.2, 0.25) is 0 Å². The summed E-state index contributed by atoms with van der Waals surface area (Å²) in [6.45, 7) is 10.5. The van der Waals surface area contributed by atoms with Gasteiger partial charge in [-0.15, -0.1) is 0 Å². The van der Waals surface area contributed by atoms with Gasteiger partial charge in [0.25, 0.3) is 5.69 Å². The first-order valence-electron chi connectivity index (χ1n) is 6.81. The zero-order valence-electron chi connectivity index (χ0n) is 12.4. The summed E-state index contributed by atoms with van der Waals surface area (Å²) in [5.74, 6) is 0.612. The molecular formula is C15H21BrN2O2. The molecule has 1 fully saturated rings. The van der Waals surface area contributed by atoms with Gasteiger partial charge in [-0.3, -0.25) is 10.1 Å². The molecular weight excluding hydrogens is 320 g/mol. The number of nitro benzene ring substituents is 1. The number of nitrogens with one attached hydrogen (secondary N) is 1. The minimum absolute atomic E-state index is 0.176. The van der Waals surface area contributed by atoms with E-state index in [0.29, 0.717) is 23.3 Å². The van der Waals surface area contributed by atoms with E-state index >= 15 is 0 Å². The Kier molecular flexibility index (Phi) is 3.95. The minimum atomic E-state index is -0.325. The van der Waals surface area contributed by atoms with Gasteiger partial charge in [-0.25, -0.2) is 0 Å². The van der Waals surface area contributed by atoms with Gasteiger partial charge < -0.3 is 5.32 Å². The van der Waals surface area contributed by atoms with Crippen LogP contribution in [0, 0.1) is 26.9 Å². The molecule has 0 atom stereocenters. The van der Waals surface area contributed by atoms with Crippen molar-refractivity contribution >= 4 is 21.6 Å². The van der Waals surface area contributed by atoms with Crippen molar-refractivity contribution in [1.29, 1.82) is 0 Å². The second-order valence-corrected chi connectivity index (χ2v) is 7.57. The van der Waals surface area contributed by atoms with E-state index in [0.717, 1.165) is 16.6 Å². The maximum atomic E-state index is 11.0. The van der Waals surface area contributed by atoms with Crippen molar-refractivity contribution in [1.82, 2.24) is 5.32 Å². The van der Waals surface area contributed by atoms with E-state index in [9.17, 15) is 10.1 Å². The van der Waals surface area contributed by atoms with Crippen molar-refractivity contribution in [3.05, 3.63) is 38.3 Å². The van der Waals surface area contributed by atoms with Crippen LogP contribution in [0.3, 0.4) is 0 Å². The highest BCUT2D eigenvalue weighted by Crippen LogP contribution is 2.67. The van der Waals surface area contributed by atoms with E-state index in [1.165, 1.54) is 0 Å². The summed E-state index contributed by atoms with van der Waals surface area (Å²) in [6, 6.07) is 5.06. The summed E-state index contributed by atoms with van der Waals surface area (Å²) in [7, 11) is 0. The monoisotopic (exact) mass is 340 g/mol. The summed E-state index contributed by atoms with van der Waals surface area (Å²) in [4.78, 5) is 10.7. The Bertz CT molecular complexity index is 527. The zero-order valence-corrected chi connectivity index (χ0v) is 14.0. The molecule has 20 heavy (non-hydrogen) atoms. The van der Waals surface area contributed by atoms with Crippen LogP contribution in [0.4, 0.5) is 5.69 Å². The molecule has 2 rings (SSSR count). The molecule has 1 saturated carbocycles. The molecule has 0 amide bonds. The third-order valence-electron chi connectivity index (χ3n) is 5.22. The third kappa shape index (κ3) is 2.61. The first-order valence-corrected chi connectivity index (χ1v) is 7.61. The number of hydrogen-bond acceptors (Lipinski definition) is 3. The lowest BCUT2D eigenvalue weighted by molar-refractivity contribution is -0.385. The fraction of sp³-hybridized carbons (Fsp3) is 0.600. The molecule has 0 saturated heterocycles. The van der Waals surface area contributed by atoms with Crippen LogP contribution in [-0.4, -0.2) is 11.5 Å². The summed E-state index contributed by atoms with van der Waals surface area (Å²) in [5, 5.41) is 14.4. The molecule has 5 heteroatoms. The maximum absolute atomic E-state index is 11.0. The number of halogens is 1. The largest absolute Gasteiger partial charge is 0.312 e. The van der Waals surface area contributed by atoms with Gasteiger partial charge in [0.05, 0.1) is 4.92 Å². The fourth-order valence-electron chi connectivity index (χ4n) is 3.07. The Balaban J connectivity index is 1.99. The highest BCUT2D eigenvalue weighted by molar-refractivity contribution is 9.10. The molecule has 0 spiro atoms. The molecule has 1 aliphatic carbocycles. The Hall–Kier alpha value is -0.940. The van der Waals surface area contributed by atoms with Crippen LogP contribution in [0.25, 0.3) is 0 Å². The number of nitrogens with zero attached hydrogens (tertiary/aromatic N) is 1. The first kappa shape index (κ1) is 15.4. The lowest BCUT2D eigenvalue weighted by Crippen LogP contribution is -2.19. The van der Waals surface area contributed by atoms with Gasteiger partial charge >= 0.3 is 0 Å². The number of nitro groups is 1. The minimum Gasteiger partial charge on any atom is -0.312 e. The van der Waals surface area contributed by atoms with Crippen molar-refractivity contribution in [3.63, 3.8) is 0 Å². The second kappa shape index (κ2) is 5.11. The molecule has 1 aliphatic rings. The maximum Gasteiger partial charge on any atom is 0.273 e. The third-order valence-corrected chi connectivity index (χ3v) is 5.72. The van der Waals surface area contributed by atoms with Gasteiger partial charge in [0, 0.05) is 22.6 Å². The zero-order chi connectivity index (χ0) is 15.1. The van der Waals surface area contributed by atoms with Crippen LogP contribution >= 0.6 is 15.9 Å². The molecule has 0 unspecified atom stereocenters. The van der Waals surface area contributed by atoms with Gasteiger partial charge in [0.1, 0.15) is 0 Å². The highest BCUT2D eigenvalue weighted by Gasteiger charge is 2.63. The Labute approximate surface area is 128 Å². The average Bonchev–Trinajstić information content (AvgIpc) is 2.71. The Morgan fingerprint density at radius 3 is 2.40 bits per heavy atom. The van der Waals surface area contributed by atoms with E-state index < -0.39 is 0 Å². The van der Waals surface area contributed by atoms with Crippen LogP contribution in [0.5, 0.6) is 0 Å². The van der Waals surface area contributed by atoms with Crippen LogP contribution in [0.1, 0.15) is 33.3 Å². The van der Waals surface area contributed by atoms with Crippen molar-refractivity contribution in [2.75, 3.05) is 6.54 Å². The lowest BCUT2D eigenvalue weighted by atomic mass is 10.0. The molecule has 110 valence electrons. The van der Waals surface area contributed by atoms with Gasteiger partial charge in [0.15, 0.2) is 0 Å². The van der Waals surface area contributed by atoms with E-state index in [4.69, 9.17) is 0 Å². The predicted molar refractivity (Wildman–Crippen MR) is 83.6 cm³/mol. The normalized spacial score (nSPS) is 19.9. The van der Waals surface area contributed by atoms with E-state index in [2.05, 4.69) is 48.9 Å². The van der Waals surface area contributed by atoms with Crippen molar-refractivity contribution in [3.8, 4) is 0 Å². The van der Waals surface area contributed by atoms with E-state index in [1.807, 2.05) is 6.07 Å². The molecule has 1 aromatic carbocycles. The van der Waals surface area contributed by atoms with Crippen molar-refractivity contribution in [2.45, 2.75) is 34.2 Å². The Morgan fingerprint density at radius 2 is 1.90 bits per heavy atom. The van der Waals surface area contributed by atoms with Gasteiger partial charge in [0.2, 0.25) is 0 Å². The fourth-order valence-corrected chi connectivity index (χ4v) is 3.48. The molecule has 0 aliphatic heterocycles. The van der Waals surface area contributed by atoms with Crippen LogP contribution < -0.4 is 5.32 Å². The predicted octanol–water partition coefficient (Wildman–Crippen LogP) is 4.13. The number of rotatable bonds is 5. The van der Waals surface area contributed by atoms with Gasteiger partial charge in [-0.05, 0) is 35.4 Å². The van der Waals surface area contributed by atoms with E-state index in [-0.39, 0.29) is 10.6 Å². The van der Waals surface area contributed by atoms with Crippen molar-refractivity contribution in [2.24, 2.45) is 16.7 Å². The number of benzene rings is 1. The van der Waals surface area contributed by atoms with Crippen LogP contribution in [-0.2, 0) is 6.54 Å². The van der Waals surface area contributed by atoms with Crippen molar-refractivity contribution < 1.29 is 4.92 Å². The number of hydrogen-bond donors (Lipinski definition) is 1. The molecule has 1 aromatic rings. The van der Waals surface area contributed by atoms with Crippen LogP contribution in [0.15, 0.2) is 22.7 Å². The molecule has 1 N–H and O–H groups in total. The summed E-state index contributed by atoms with van der Waals surface area (Å²) >= 11 is 3.36. The van der Waals surface area contributed by atoms with Gasteiger partial charge in [-0.2, -0.15) is 0 Å². The summed E-state index contributed by atoms with van der Waals surface area (Å²) < 4.78 is 0.868. The average molecular weight is 341 g/mol. The Morgan fingerprint density at radius 1 is 1.30 bits per heavy atom. The summed E-state index contributed by atoms with van der Waals surface area (Å²) in [6.07, 6.45) is 0. The standard InChI is InChI=1S/C15H21BrN2O2/c1-14(2)13(15(14,3)4)9-17-8-10-7-11(16)5-6-12(10)18(19)20/h5-7,13,17H,8-9H2,1-4H3. The molecule has 4 nitrogen and oxygen atoms in total. The van der Waals surface area contributed by atoms with Gasteiger partial charge in [-0.1, -0.05) is 43.6 Å². The van der Waals surface area contributed by atoms with E-state index in [1.54, 1.807) is 12.1 Å². The topological polar surface area (TPSA) is 55.2 Å². The quantitative estimate of drug-likeness (QED) is 0.647. The summed E-state index contributed by atoms with van der Waals surface area (Å²) in [5.41, 5.74) is 1.57. The SMILES string of the molecule is CC1(C)C(CNCc2cc(Br)ccc2[N+](=O)[O-])C1(C)C. The molecule has 0 heterocycles. The second-order valence-electron chi connectivity index (χ2n) is 6.66. The lowest BCUT2D eigenvalue weighted by Gasteiger charge is -2.07. The molecule has 0 bridgehead atoms. The highest BCUT2D eigenvalue weighted by atomic mass is 79.9.